The Morgan fingerprint density at radius 2 is 1.57 bits per heavy atom. The molecule has 0 fully saturated rings. The molecule has 1 atom stereocenters. The van der Waals surface area contributed by atoms with Gasteiger partial charge in [-0.15, -0.1) is 0 Å². The molecule has 2 rings (SSSR count). The van der Waals surface area contributed by atoms with E-state index < -0.39 is 24.8 Å². The fourth-order valence-electron chi connectivity index (χ4n) is 1.70. The predicted molar refractivity (Wildman–Crippen MR) is 80.7 cm³/mol. The molecule has 0 saturated carbocycles. The number of carbonyl (C=O) groups is 2. The number of hydrogen-bond donors (Lipinski definition) is 1. The SMILES string of the molecule is O=C(COC(Oc1ccccc1)C(=O)O)OCc1ccccc1. The average Bonchev–Trinajstić information content (AvgIpc) is 2.58. The minimum atomic E-state index is -1.58. The van der Waals surface area contributed by atoms with Crippen molar-refractivity contribution < 1.29 is 28.9 Å². The highest BCUT2D eigenvalue weighted by Gasteiger charge is 2.22. The zero-order valence-electron chi connectivity index (χ0n) is 12.3. The Labute approximate surface area is 133 Å². The van der Waals surface area contributed by atoms with Gasteiger partial charge in [0.15, 0.2) is 0 Å². The molecule has 1 N–H and O–H groups in total. The summed E-state index contributed by atoms with van der Waals surface area (Å²) in [5.74, 6) is -1.67. The largest absolute Gasteiger partial charge is 0.477 e. The van der Waals surface area contributed by atoms with Gasteiger partial charge in [-0.3, -0.25) is 0 Å². The maximum absolute atomic E-state index is 11.6. The van der Waals surface area contributed by atoms with Gasteiger partial charge in [-0.1, -0.05) is 48.5 Å². The van der Waals surface area contributed by atoms with Crippen LogP contribution >= 0.6 is 0 Å². The Hall–Kier alpha value is -2.86. The van der Waals surface area contributed by atoms with E-state index in [2.05, 4.69) is 0 Å². The molecule has 0 aliphatic rings. The topological polar surface area (TPSA) is 82.1 Å². The van der Waals surface area contributed by atoms with Gasteiger partial charge in [-0.25, -0.2) is 9.59 Å². The second-order valence-electron chi connectivity index (χ2n) is 4.56. The molecule has 0 saturated heterocycles. The van der Waals surface area contributed by atoms with Crippen LogP contribution in [0.5, 0.6) is 5.75 Å². The van der Waals surface area contributed by atoms with Gasteiger partial charge in [-0.2, -0.15) is 0 Å². The van der Waals surface area contributed by atoms with Crippen molar-refractivity contribution in [1.82, 2.24) is 0 Å². The lowest BCUT2D eigenvalue weighted by Crippen LogP contribution is -2.32. The number of aliphatic carboxylic acids is 1. The monoisotopic (exact) mass is 316 g/mol. The van der Waals surface area contributed by atoms with Crippen LogP contribution in [-0.4, -0.2) is 29.9 Å². The normalized spacial score (nSPS) is 11.5. The van der Waals surface area contributed by atoms with Crippen LogP contribution in [0.3, 0.4) is 0 Å². The van der Waals surface area contributed by atoms with Crippen LogP contribution < -0.4 is 4.74 Å². The summed E-state index contributed by atoms with van der Waals surface area (Å²) < 4.78 is 15.1. The third-order valence-electron chi connectivity index (χ3n) is 2.78. The molecule has 0 heterocycles. The van der Waals surface area contributed by atoms with Gasteiger partial charge in [0.05, 0.1) is 0 Å². The molecule has 2 aromatic carbocycles. The highest BCUT2D eigenvalue weighted by Crippen LogP contribution is 2.12. The quantitative estimate of drug-likeness (QED) is 0.594. The summed E-state index contributed by atoms with van der Waals surface area (Å²) in [6.07, 6.45) is -1.58. The molecule has 23 heavy (non-hydrogen) atoms. The number of ether oxygens (including phenoxy) is 3. The second-order valence-corrected chi connectivity index (χ2v) is 4.56. The average molecular weight is 316 g/mol. The molecule has 120 valence electrons. The van der Waals surface area contributed by atoms with Crippen molar-refractivity contribution in [3.05, 3.63) is 66.2 Å². The first-order valence-electron chi connectivity index (χ1n) is 6.91. The fraction of sp³-hybridized carbons (Fsp3) is 0.176. The molecule has 6 nitrogen and oxygen atoms in total. The Balaban J connectivity index is 1.79. The highest BCUT2D eigenvalue weighted by atomic mass is 16.7. The number of rotatable bonds is 8. The Kier molecular flexibility index (Phi) is 6.14. The van der Waals surface area contributed by atoms with E-state index in [1.165, 1.54) is 0 Å². The molecule has 0 aliphatic heterocycles. The molecule has 1 unspecified atom stereocenters. The standard InChI is InChI=1S/C17H16O6/c18-15(21-11-13-7-3-1-4-8-13)12-22-17(16(19)20)23-14-9-5-2-6-10-14/h1-10,17H,11-12H2,(H,19,20). The van der Waals surface area contributed by atoms with Crippen molar-refractivity contribution in [3.63, 3.8) is 0 Å². The molecule has 0 bridgehead atoms. The number of esters is 1. The van der Waals surface area contributed by atoms with Crippen LogP contribution in [0, 0.1) is 0 Å². The zero-order chi connectivity index (χ0) is 16.5. The smallest absolute Gasteiger partial charge is 0.373 e. The predicted octanol–water partition coefficient (Wildman–Crippen LogP) is 2.24. The van der Waals surface area contributed by atoms with E-state index in [1.54, 1.807) is 30.3 Å². The summed E-state index contributed by atoms with van der Waals surface area (Å²) in [6, 6.07) is 17.5. The number of para-hydroxylation sites is 1. The van der Waals surface area contributed by atoms with Gasteiger partial charge < -0.3 is 19.3 Å². The molecule has 0 radical (unpaired) electrons. The molecule has 0 spiro atoms. The van der Waals surface area contributed by atoms with Crippen molar-refractivity contribution in [1.29, 1.82) is 0 Å². The van der Waals surface area contributed by atoms with Crippen LogP contribution in [0.25, 0.3) is 0 Å². The first-order chi connectivity index (χ1) is 11.1. The molecule has 0 aliphatic carbocycles. The minimum absolute atomic E-state index is 0.0975. The van der Waals surface area contributed by atoms with Crippen molar-refractivity contribution in [3.8, 4) is 5.75 Å². The van der Waals surface area contributed by atoms with Crippen molar-refractivity contribution in [2.45, 2.75) is 12.9 Å². The lowest BCUT2D eigenvalue weighted by molar-refractivity contribution is -0.178. The van der Waals surface area contributed by atoms with E-state index in [9.17, 15) is 9.59 Å². The van der Waals surface area contributed by atoms with E-state index >= 15 is 0 Å². The fourth-order valence-corrected chi connectivity index (χ4v) is 1.70. The van der Waals surface area contributed by atoms with Crippen LogP contribution in [-0.2, 0) is 25.7 Å². The summed E-state index contributed by atoms with van der Waals surface area (Å²) >= 11 is 0. The number of benzene rings is 2. The van der Waals surface area contributed by atoms with Crippen molar-refractivity contribution in [2.75, 3.05) is 6.61 Å². The first kappa shape index (κ1) is 16.5. The molecule has 0 aromatic heterocycles. The van der Waals surface area contributed by atoms with E-state index in [1.807, 2.05) is 30.3 Å². The van der Waals surface area contributed by atoms with Gasteiger partial charge in [-0.05, 0) is 17.7 Å². The Morgan fingerprint density at radius 3 is 2.17 bits per heavy atom. The number of carboxylic acids is 1. The zero-order valence-corrected chi connectivity index (χ0v) is 12.3. The molecule has 2 aromatic rings. The molecular formula is C17H16O6. The summed E-state index contributed by atoms with van der Waals surface area (Å²) in [6.45, 7) is -0.420. The van der Waals surface area contributed by atoms with E-state index in [0.29, 0.717) is 5.75 Å². The van der Waals surface area contributed by atoms with Gasteiger partial charge in [0.25, 0.3) is 6.29 Å². The third-order valence-corrected chi connectivity index (χ3v) is 2.78. The molecular weight excluding hydrogens is 300 g/mol. The number of hydrogen-bond acceptors (Lipinski definition) is 5. The summed E-state index contributed by atoms with van der Waals surface area (Å²) in [5, 5.41) is 9.05. The minimum Gasteiger partial charge on any atom is -0.477 e. The first-order valence-corrected chi connectivity index (χ1v) is 6.91. The molecule has 0 amide bonds. The van der Waals surface area contributed by atoms with E-state index in [0.717, 1.165) is 5.56 Å². The highest BCUT2D eigenvalue weighted by molar-refractivity contribution is 5.73. The van der Waals surface area contributed by atoms with Gasteiger partial charge in [0.2, 0.25) is 0 Å². The Bertz CT molecular complexity index is 626. The lowest BCUT2D eigenvalue weighted by Gasteiger charge is -2.15. The van der Waals surface area contributed by atoms with E-state index in [4.69, 9.17) is 19.3 Å². The van der Waals surface area contributed by atoms with Gasteiger partial charge in [0, 0.05) is 0 Å². The maximum Gasteiger partial charge on any atom is 0.373 e. The van der Waals surface area contributed by atoms with Crippen LogP contribution in [0.1, 0.15) is 5.56 Å². The van der Waals surface area contributed by atoms with Gasteiger partial charge in [0.1, 0.15) is 19.0 Å². The van der Waals surface area contributed by atoms with Crippen LogP contribution in [0.2, 0.25) is 0 Å². The maximum atomic E-state index is 11.6. The summed E-state index contributed by atoms with van der Waals surface area (Å²) in [5.41, 5.74) is 0.830. The van der Waals surface area contributed by atoms with Crippen molar-refractivity contribution >= 4 is 11.9 Å². The number of carboxylic acid groups (broad SMARTS) is 1. The van der Waals surface area contributed by atoms with Crippen LogP contribution in [0.15, 0.2) is 60.7 Å². The van der Waals surface area contributed by atoms with Gasteiger partial charge >= 0.3 is 11.9 Å². The van der Waals surface area contributed by atoms with Crippen LogP contribution in [0.4, 0.5) is 0 Å². The summed E-state index contributed by atoms with van der Waals surface area (Å²) in [4.78, 5) is 22.7. The van der Waals surface area contributed by atoms with Crippen molar-refractivity contribution in [2.24, 2.45) is 0 Å². The Morgan fingerprint density at radius 1 is 0.957 bits per heavy atom. The number of carbonyl (C=O) groups excluding carboxylic acids is 1. The van der Waals surface area contributed by atoms with E-state index in [-0.39, 0.29) is 6.61 Å². The molecule has 6 heteroatoms. The summed E-state index contributed by atoms with van der Waals surface area (Å²) in [7, 11) is 0. The second kappa shape index (κ2) is 8.55. The lowest BCUT2D eigenvalue weighted by atomic mass is 10.2. The third kappa shape index (κ3) is 5.80.